The topological polar surface area (TPSA) is 78.5 Å². The van der Waals surface area contributed by atoms with Gasteiger partial charge in [-0.3, -0.25) is 4.21 Å². The standard InChI is InChI=1S/C12H11ClN6OS/c1-21(20)12-16-14-8-18(12)6-10-7-19(17-15-10)11-4-2-9(13)3-5-11/h2-5,7-8H,6H2,1H3. The van der Waals surface area contributed by atoms with Crippen LogP contribution in [0.1, 0.15) is 5.69 Å². The van der Waals surface area contributed by atoms with Crippen molar-refractivity contribution < 1.29 is 4.21 Å². The second-order valence-electron chi connectivity index (χ2n) is 4.33. The summed E-state index contributed by atoms with van der Waals surface area (Å²) in [5, 5.41) is 16.8. The lowest BCUT2D eigenvalue weighted by Gasteiger charge is -2.01. The first-order valence-electron chi connectivity index (χ1n) is 6.02. The average Bonchev–Trinajstić information content (AvgIpc) is 3.09. The Hall–Kier alpha value is -2.06. The van der Waals surface area contributed by atoms with Gasteiger partial charge in [-0.15, -0.1) is 15.3 Å². The molecule has 0 N–H and O–H groups in total. The van der Waals surface area contributed by atoms with Crippen molar-refractivity contribution in [2.24, 2.45) is 0 Å². The second-order valence-corrected chi connectivity index (χ2v) is 6.04. The molecule has 0 aliphatic rings. The van der Waals surface area contributed by atoms with Gasteiger partial charge in [-0.05, 0) is 24.3 Å². The van der Waals surface area contributed by atoms with E-state index in [-0.39, 0.29) is 0 Å². The molecule has 0 spiro atoms. The zero-order chi connectivity index (χ0) is 14.8. The minimum Gasteiger partial charge on any atom is -0.300 e. The molecule has 0 aliphatic carbocycles. The van der Waals surface area contributed by atoms with Crippen LogP contribution in [0, 0.1) is 0 Å². The van der Waals surface area contributed by atoms with Gasteiger partial charge in [-0.2, -0.15) is 0 Å². The number of halogens is 1. The van der Waals surface area contributed by atoms with Crippen LogP contribution in [0.25, 0.3) is 5.69 Å². The van der Waals surface area contributed by atoms with Gasteiger partial charge in [0.05, 0.1) is 29.2 Å². The molecule has 0 saturated heterocycles. The van der Waals surface area contributed by atoms with Crippen LogP contribution < -0.4 is 0 Å². The summed E-state index contributed by atoms with van der Waals surface area (Å²) in [7, 11) is -1.20. The van der Waals surface area contributed by atoms with Crippen molar-refractivity contribution in [1.29, 1.82) is 0 Å². The monoisotopic (exact) mass is 322 g/mol. The summed E-state index contributed by atoms with van der Waals surface area (Å²) >= 11 is 5.85. The Morgan fingerprint density at radius 1 is 1.24 bits per heavy atom. The highest BCUT2D eigenvalue weighted by molar-refractivity contribution is 7.84. The maximum atomic E-state index is 11.5. The number of benzene rings is 1. The first-order chi connectivity index (χ1) is 10.1. The summed E-state index contributed by atoms with van der Waals surface area (Å²) in [5.74, 6) is 0. The van der Waals surface area contributed by atoms with Gasteiger partial charge >= 0.3 is 0 Å². The highest BCUT2D eigenvalue weighted by atomic mass is 35.5. The minimum absolute atomic E-state index is 0.412. The summed E-state index contributed by atoms with van der Waals surface area (Å²) in [4.78, 5) is 0. The molecular formula is C12H11ClN6OS. The molecule has 0 amide bonds. The van der Waals surface area contributed by atoms with Gasteiger partial charge in [0.25, 0.3) is 0 Å². The number of aromatic nitrogens is 6. The van der Waals surface area contributed by atoms with E-state index in [1.807, 2.05) is 12.1 Å². The normalized spacial score (nSPS) is 12.5. The van der Waals surface area contributed by atoms with E-state index in [0.29, 0.717) is 16.7 Å². The maximum Gasteiger partial charge on any atom is 0.221 e. The molecule has 2 aromatic heterocycles. The molecule has 0 saturated carbocycles. The fraction of sp³-hybridized carbons (Fsp3) is 0.167. The molecule has 21 heavy (non-hydrogen) atoms. The fourth-order valence-corrected chi connectivity index (χ4v) is 2.57. The molecule has 2 heterocycles. The summed E-state index contributed by atoms with van der Waals surface area (Å²) < 4.78 is 14.8. The number of nitrogens with zero attached hydrogens (tertiary/aromatic N) is 6. The van der Waals surface area contributed by atoms with Gasteiger partial charge < -0.3 is 4.57 Å². The molecule has 0 radical (unpaired) electrons. The van der Waals surface area contributed by atoms with E-state index in [2.05, 4.69) is 20.5 Å². The van der Waals surface area contributed by atoms with Crippen LogP contribution in [0.4, 0.5) is 0 Å². The molecule has 1 atom stereocenters. The van der Waals surface area contributed by atoms with Gasteiger partial charge in [0.2, 0.25) is 5.16 Å². The third-order valence-electron chi connectivity index (χ3n) is 2.80. The van der Waals surface area contributed by atoms with E-state index in [4.69, 9.17) is 11.6 Å². The van der Waals surface area contributed by atoms with Crippen LogP contribution in [0.3, 0.4) is 0 Å². The van der Waals surface area contributed by atoms with Crippen molar-refractivity contribution >= 4 is 22.4 Å². The van der Waals surface area contributed by atoms with E-state index in [0.717, 1.165) is 11.4 Å². The van der Waals surface area contributed by atoms with Crippen LogP contribution in [0.15, 0.2) is 41.9 Å². The lowest BCUT2D eigenvalue weighted by Crippen LogP contribution is -2.05. The third kappa shape index (κ3) is 3.01. The highest BCUT2D eigenvalue weighted by Crippen LogP contribution is 2.13. The largest absolute Gasteiger partial charge is 0.300 e. The number of hydrogen-bond acceptors (Lipinski definition) is 5. The Morgan fingerprint density at radius 3 is 2.71 bits per heavy atom. The molecule has 9 heteroatoms. The molecule has 3 aromatic rings. The highest BCUT2D eigenvalue weighted by Gasteiger charge is 2.10. The quantitative estimate of drug-likeness (QED) is 0.723. The van der Waals surface area contributed by atoms with Crippen molar-refractivity contribution in [3.05, 3.63) is 47.5 Å². The molecule has 0 fully saturated rings. The molecule has 108 valence electrons. The summed E-state index contributed by atoms with van der Waals surface area (Å²) in [5.41, 5.74) is 1.58. The predicted molar refractivity (Wildman–Crippen MR) is 77.8 cm³/mol. The van der Waals surface area contributed by atoms with E-state index in [1.54, 1.807) is 33.8 Å². The molecule has 0 aliphatic heterocycles. The summed E-state index contributed by atoms with van der Waals surface area (Å²) in [6.45, 7) is 0.412. The zero-order valence-electron chi connectivity index (χ0n) is 11.0. The van der Waals surface area contributed by atoms with Crippen LogP contribution in [-0.2, 0) is 17.3 Å². The third-order valence-corrected chi connectivity index (χ3v) is 3.88. The first-order valence-corrected chi connectivity index (χ1v) is 7.95. The lowest BCUT2D eigenvalue weighted by atomic mass is 10.3. The van der Waals surface area contributed by atoms with Crippen LogP contribution in [0.2, 0.25) is 5.02 Å². The van der Waals surface area contributed by atoms with Crippen molar-refractivity contribution in [2.45, 2.75) is 11.7 Å². The van der Waals surface area contributed by atoms with Crippen LogP contribution in [0.5, 0.6) is 0 Å². The molecular weight excluding hydrogens is 312 g/mol. The minimum atomic E-state index is -1.20. The van der Waals surface area contributed by atoms with E-state index in [1.165, 1.54) is 6.33 Å². The Kier molecular flexibility index (Phi) is 3.80. The Balaban J connectivity index is 1.83. The first kappa shape index (κ1) is 13.9. The summed E-state index contributed by atoms with van der Waals surface area (Å²) in [6.07, 6.45) is 4.88. The van der Waals surface area contributed by atoms with Crippen LogP contribution >= 0.6 is 11.6 Å². The molecule has 3 rings (SSSR count). The van der Waals surface area contributed by atoms with E-state index in [9.17, 15) is 4.21 Å². The molecule has 7 nitrogen and oxygen atoms in total. The molecule has 1 aromatic carbocycles. The van der Waals surface area contributed by atoms with Gasteiger partial charge in [0.1, 0.15) is 12.0 Å². The molecule has 1 unspecified atom stereocenters. The Bertz CT molecular complexity index is 781. The van der Waals surface area contributed by atoms with Gasteiger partial charge in [0, 0.05) is 11.3 Å². The van der Waals surface area contributed by atoms with Gasteiger partial charge in [-0.25, -0.2) is 4.68 Å². The van der Waals surface area contributed by atoms with Crippen molar-refractivity contribution in [3.8, 4) is 5.69 Å². The maximum absolute atomic E-state index is 11.5. The second kappa shape index (κ2) is 5.74. The average molecular weight is 323 g/mol. The van der Waals surface area contributed by atoms with Gasteiger partial charge in [-0.1, -0.05) is 16.8 Å². The number of hydrogen-bond donors (Lipinski definition) is 0. The lowest BCUT2D eigenvalue weighted by molar-refractivity contribution is 0.647. The van der Waals surface area contributed by atoms with E-state index < -0.39 is 10.8 Å². The SMILES string of the molecule is CS(=O)c1nncn1Cc1cn(-c2ccc(Cl)cc2)nn1. The van der Waals surface area contributed by atoms with Crippen molar-refractivity contribution in [3.63, 3.8) is 0 Å². The zero-order valence-corrected chi connectivity index (χ0v) is 12.6. The Labute approximate surface area is 128 Å². The van der Waals surface area contributed by atoms with Gasteiger partial charge in [0.15, 0.2) is 0 Å². The van der Waals surface area contributed by atoms with Crippen LogP contribution in [-0.4, -0.2) is 40.2 Å². The fourth-order valence-electron chi connectivity index (χ4n) is 1.84. The smallest absolute Gasteiger partial charge is 0.221 e. The Morgan fingerprint density at radius 2 is 2.00 bits per heavy atom. The number of rotatable bonds is 4. The molecule has 0 bridgehead atoms. The van der Waals surface area contributed by atoms with E-state index >= 15 is 0 Å². The van der Waals surface area contributed by atoms with Crippen molar-refractivity contribution in [1.82, 2.24) is 29.8 Å². The predicted octanol–water partition coefficient (Wildman–Crippen LogP) is 1.30. The van der Waals surface area contributed by atoms with Crippen molar-refractivity contribution in [2.75, 3.05) is 6.26 Å². The summed E-state index contributed by atoms with van der Waals surface area (Å²) in [6, 6.07) is 7.28.